The average molecular weight is 256 g/mol. The van der Waals surface area contributed by atoms with Gasteiger partial charge in [0.1, 0.15) is 5.60 Å². The minimum absolute atomic E-state index is 0.170. The van der Waals surface area contributed by atoms with Gasteiger partial charge in [-0.05, 0) is 54.0 Å². The number of ether oxygens (including phenoxy) is 1. The van der Waals surface area contributed by atoms with E-state index in [1.54, 1.807) is 0 Å². The highest BCUT2D eigenvalue weighted by molar-refractivity contribution is 5.69. The molecule has 1 saturated heterocycles. The lowest BCUT2D eigenvalue weighted by atomic mass is 9.91. The smallest absolute Gasteiger partial charge is 0.410 e. The molecule has 0 aromatic carbocycles. The Hall–Kier alpha value is -0.770. The Morgan fingerprint density at radius 1 is 1.39 bits per heavy atom. The number of amides is 1. The summed E-state index contributed by atoms with van der Waals surface area (Å²) in [5, 5.41) is 3.33. The van der Waals surface area contributed by atoms with Crippen molar-refractivity contribution < 1.29 is 9.53 Å². The van der Waals surface area contributed by atoms with E-state index in [-0.39, 0.29) is 18.2 Å². The molecule has 1 amide bonds. The first-order chi connectivity index (χ1) is 8.28. The standard InChI is InChI=1S/C14H28N2O2/c1-7-12-9-11(15-6)8-10(2)16(12)13(17)18-14(3,4)5/h10-12,15H,7-9H2,1-6H3. The van der Waals surface area contributed by atoms with E-state index in [4.69, 9.17) is 4.74 Å². The molecule has 0 spiro atoms. The molecule has 0 saturated carbocycles. The van der Waals surface area contributed by atoms with Gasteiger partial charge in [-0.1, -0.05) is 6.92 Å². The maximum atomic E-state index is 12.3. The Bertz CT molecular complexity index is 286. The number of hydrogen-bond donors (Lipinski definition) is 1. The lowest BCUT2D eigenvalue weighted by Crippen LogP contribution is -2.55. The monoisotopic (exact) mass is 256 g/mol. The van der Waals surface area contributed by atoms with Crippen molar-refractivity contribution >= 4 is 6.09 Å². The summed E-state index contributed by atoms with van der Waals surface area (Å²) in [6, 6.07) is 1.01. The molecule has 1 N–H and O–H groups in total. The van der Waals surface area contributed by atoms with E-state index in [0.717, 1.165) is 19.3 Å². The topological polar surface area (TPSA) is 41.6 Å². The van der Waals surface area contributed by atoms with E-state index < -0.39 is 5.60 Å². The highest BCUT2D eigenvalue weighted by Crippen LogP contribution is 2.27. The number of nitrogens with one attached hydrogen (secondary N) is 1. The van der Waals surface area contributed by atoms with Gasteiger partial charge >= 0.3 is 6.09 Å². The molecule has 1 heterocycles. The molecular formula is C14H28N2O2. The van der Waals surface area contributed by atoms with Crippen LogP contribution in [0.3, 0.4) is 0 Å². The Kier molecular flexibility index (Phi) is 5.02. The number of carbonyl (C=O) groups excluding carboxylic acids is 1. The first kappa shape index (κ1) is 15.3. The molecule has 4 heteroatoms. The molecule has 1 fully saturated rings. The van der Waals surface area contributed by atoms with Gasteiger partial charge in [0.05, 0.1) is 0 Å². The fraction of sp³-hybridized carbons (Fsp3) is 0.929. The van der Waals surface area contributed by atoms with Crippen LogP contribution in [0.15, 0.2) is 0 Å². The molecular weight excluding hydrogens is 228 g/mol. The molecule has 1 aliphatic rings. The molecule has 4 nitrogen and oxygen atoms in total. The molecule has 0 aliphatic carbocycles. The average Bonchev–Trinajstić information content (AvgIpc) is 2.24. The first-order valence-corrected chi connectivity index (χ1v) is 6.97. The van der Waals surface area contributed by atoms with Crippen molar-refractivity contribution in [2.24, 2.45) is 0 Å². The van der Waals surface area contributed by atoms with Gasteiger partial charge in [-0.3, -0.25) is 0 Å². The van der Waals surface area contributed by atoms with Gasteiger partial charge in [-0.25, -0.2) is 4.79 Å². The molecule has 3 atom stereocenters. The molecule has 18 heavy (non-hydrogen) atoms. The summed E-state index contributed by atoms with van der Waals surface area (Å²) in [6.07, 6.45) is 2.81. The fourth-order valence-corrected chi connectivity index (χ4v) is 2.67. The number of piperidine rings is 1. The normalized spacial score (nSPS) is 29.2. The van der Waals surface area contributed by atoms with Crippen LogP contribution in [-0.2, 0) is 4.74 Å². The number of carbonyl (C=O) groups is 1. The third kappa shape index (κ3) is 3.87. The van der Waals surface area contributed by atoms with Crippen LogP contribution < -0.4 is 5.32 Å². The van der Waals surface area contributed by atoms with Gasteiger partial charge in [-0.2, -0.15) is 0 Å². The second-order valence-corrected chi connectivity index (χ2v) is 6.26. The summed E-state index contributed by atoms with van der Waals surface area (Å²) in [7, 11) is 1.99. The van der Waals surface area contributed by atoms with Crippen molar-refractivity contribution in [2.75, 3.05) is 7.05 Å². The van der Waals surface area contributed by atoms with Crippen molar-refractivity contribution in [3.05, 3.63) is 0 Å². The second kappa shape index (κ2) is 5.91. The van der Waals surface area contributed by atoms with Crippen LogP contribution in [0.5, 0.6) is 0 Å². The predicted molar refractivity (Wildman–Crippen MR) is 73.7 cm³/mol. The number of likely N-dealkylation sites (tertiary alicyclic amines) is 1. The number of hydrogen-bond acceptors (Lipinski definition) is 3. The van der Waals surface area contributed by atoms with E-state index in [9.17, 15) is 4.79 Å². The highest BCUT2D eigenvalue weighted by Gasteiger charge is 2.37. The summed E-state index contributed by atoms with van der Waals surface area (Å²) in [6.45, 7) is 9.98. The van der Waals surface area contributed by atoms with Crippen molar-refractivity contribution in [2.45, 2.75) is 77.6 Å². The van der Waals surface area contributed by atoms with E-state index in [2.05, 4.69) is 19.2 Å². The Morgan fingerprint density at radius 3 is 2.44 bits per heavy atom. The third-order valence-electron chi connectivity index (χ3n) is 3.53. The minimum atomic E-state index is -0.422. The van der Waals surface area contributed by atoms with Crippen molar-refractivity contribution in [3.63, 3.8) is 0 Å². The summed E-state index contributed by atoms with van der Waals surface area (Å²) < 4.78 is 5.52. The van der Waals surface area contributed by atoms with Crippen LogP contribution in [0.2, 0.25) is 0 Å². The van der Waals surface area contributed by atoms with Gasteiger partial charge in [0.25, 0.3) is 0 Å². The molecule has 0 radical (unpaired) electrons. The Labute approximate surface area is 111 Å². The van der Waals surface area contributed by atoms with E-state index >= 15 is 0 Å². The van der Waals surface area contributed by atoms with Crippen LogP contribution in [0.25, 0.3) is 0 Å². The molecule has 1 rings (SSSR count). The summed E-state index contributed by atoms with van der Waals surface area (Å²) >= 11 is 0. The third-order valence-corrected chi connectivity index (χ3v) is 3.53. The first-order valence-electron chi connectivity index (χ1n) is 6.97. The van der Waals surface area contributed by atoms with Crippen LogP contribution in [0, 0.1) is 0 Å². The summed E-state index contributed by atoms with van der Waals surface area (Å²) in [4.78, 5) is 14.2. The number of rotatable bonds is 2. The molecule has 0 aromatic heterocycles. The molecule has 106 valence electrons. The SMILES string of the molecule is CCC1CC(NC)CC(C)N1C(=O)OC(C)(C)C. The van der Waals surface area contributed by atoms with Gasteiger partial charge in [0.2, 0.25) is 0 Å². The Morgan fingerprint density at radius 2 is 2.00 bits per heavy atom. The largest absolute Gasteiger partial charge is 0.444 e. The summed E-state index contributed by atoms with van der Waals surface area (Å²) in [5.41, 5.74) is -0.422. The van der Waals surface area contributed by atoms with Crippen molar-refractivity contribution in [1.29, 1.82) is 0 Å². The lowest BCUT2D eigenvalue weighted by Gasteiger charge is -2.44. The molecule has 0 bridgehead atoms. The van der Waals surface area contributed by atoms with E-state index in [1.807, 2.05) is 32.7 Å². The Balaban J connectivity index is 2.75. The quantitative estimate of drug-likeness (QED) is 0.826. The zero-order valence-electron chi connectivity index (χ0n) is 12.6. The van der Waals surface area contributed by atoms with E-state index in [1.165, 1.54) is 0 Å². The zero-order valence-corrected chi connectivity index (χ0v) is 12.6. The zero-order chi connectivity index (χ0) is 13.9. The van der Waals surface area contributed by atoms with Crippen molar-refractivity contribution in [3.8, 4) is 0 Å². The maximum Gasteiger partial charge on any atom is 0.410 e. The fourth-order valence-electron chi connectivity index (χ4n) is 2.67. The van der Waals surface area contributed by atoms with Crippen LogP contribution in [0.4, 0.5) is 4.79 Å². The van der Waals surface area contributed by atoms with Crippen LogP contribution in [-0.4, -0.2) is 41.8 Å². The van der Waals surface area contributed by atoms with Gasteiger partial charge in [-0.15, -0.1) is 0 Å². The minimum Gasteiger partial charge on any atom is -0.444 e. The predicted octanol–water partition coefficient (Wildman–Crippen LogP) is 2.77. The highest BCUT2D eigenvalue weighted by atomic mass is 16.6. The molecule has 0 aromatic rings. The van der Waals surface area contributed by atoms with Crippen molar-refractivity contribution in [1.82, 2.24) is 10.2 Å². The second-order valence-electron chi connectivity index (χ2n) is 6.26. The lowest BCUT2D eigenvalue weighted by molar-refractivity contribution is -0.00704. The van der Waals surface area contributed by atoms with Crippen LogP contribution >= 0.6 is 0 Å². The summed E-state index contributed by atoms with van der Waals surface area (Å²) in [5.74, 6) is 0. The maximum absolute atomic E-state index is 12.3. The van der Waals surface area contributed by atoms with Gasteiger partial charge in [0.15, 0.2) is 0 Å². The van der Waals surface area contributed by atoms with Gasteiger partial charge < -0.3 is 15.0 Å². The van der Waals surface area contributed by atoms with Gasteiger partial charge in [0, 0.05) is 18.1 Å². The molecule has 1 aliphatic heterocycles. The van der Waals surface area contributed by atoms with E-state index in [0.29, 0.717) is 6.04 Å². The molecule has 3 unspecified atom stereocenters. The number of nitrogens with zero attached hydrogens (tertiary/aromatic N) is 1. The van der Waals surface area contributed by atoms with Crippen LogP contribution in [0.1, 0.15) is 53.9 Å².